The summed E-state index contributed by atoms with van der Waals surface area (Å²) >= 11 is 6.74. The number of benzene rings is 1. The van der Waals surface area contributed by atoms with E-state index in [2.05, 4.69) is 15.5 Å². The molecule has 0 fully saturated rings. The average Bonchev–Trinajstić information content (AvgIpc) is 3.21. The van der Waals surface area contributed by atoms with Crippen molar-refractivity contribution in [3.63, 3.8) is 0 Å². The lowest BCUT2D eigenvalue weighted by Crippen LogP contribution is -2.24. The number of anilines is 1. The number of halogens is 4. The molecule has 0 spiro atoms. The number of carbonyl (C=O) groups is 1. The molecule has 3 rings (SSSR count). The average molecular weight is 445 g/mol. The molecule has 6 nitrogen and oxygen atoms in total. The summed E-state index contributed by atoms with van der Waals surface area (Å²) in [6.07, 6.45) is -3.11. The van der Waals surface area contributed by atoms with Crippen molar-refractivity contribution in [3.05, 3.63) is 46.9 Å². The predicted molar refractivity (Wildman–Crippen MR) is 104 cm³/mol. The summed E-state index contributed by atoms with van der Waals surface area (Å²) < 4.78 is 46.6. The predicted octanol–water partition coefficient (Wildman–Crippen LogP) is 5.18. The van der Waals surface area contributed by atoms with Gasteiger partial charge < -0.3 is 14.3 Å². The summed E-state index contributed by atoms with van der Waals surface area (Å²) in [6.45, 7) is 3.36. The van der Waals surface area contributed by atoms with E-state index in [0.717, 1.165) is 29.5 Å². The molecule has 1 unspecified atom stereocenters. The maximum atomic E-state index is 13.2. The second kappa shape index (κ2) is 8.11. The first-order valence-corrected chi connectivity index (χ1v) is 9.62. The maximum absolute atomic E-state index is 13.2. The van der Waals surface area contributed by atoms with E-state index in [4.69, 9.17) is 16.0 Å². The minimum Gasteiger partial charge on any atom is -0.469 e. The van der Waals surface area contributed by atoms with Gasteiger partial charge in [0.2, 0.25) is 5.91 Å². The number of furan rings is 1. The molecule has 3 aromatic rings. The number of aryl methyl sites for hydroxylation is 1. The lowest BCUT2D eigenvalue weighted by molar-refractivity contribution is -0.137. The zero-order valence-electron chi connectivity index (χ0n) is 15.5. The van der Waals surface area contributed by atoms with E-state index in [9.17, 15) is 18.0 Å². The van der Waals surface area contributed by atoms with Crippen molar-refractivity contribution >= 4 is 35.0 Å². The molecule has 0 bridgehead atoms. The molecule has 1 N–H and O–H groups in total. The molecular formula is C18H16ClF3N4O2S. The summed E-state index contributed by atoms with van der Waals surface area (Å²) in [4.78, 5) is 12.5. The van der Waals surface area contributed by atoms with Gasteiger partial charge in [-0.1, -0.05) is 23.4 Å². The Bertz CT molecular complexity index is 1050. The monoisotopic (exact) mass is 444 g/mol. The van der Waals surface area contributed by atoms with Gasteiger partial charge in [-0.05, 0) is 38.1 Å². The third-order valence-corrected chi connectivity index (χ3v) is 5.50. The van der Waals surface area contributed by atoms with Crippen molar-refractivity contribution in [1.82, 2.24) is 14.8 Å². The summed E-state index contributed by atoms with van der Waals surface area (Å²) in [7, 11) is 1.73. The molecule has 2 aromatic heterocycles. The Morgan fingerprint density at radius 1 is 1.31 bits per heavy atom. The molecule has 1 atom stereocenters. The van der Waals surface area contributed by atoms with Gasteiger partial charge in [0.05, 0.1) is 28.3 Å². The molecule has 0 saturated carbocycles. The highest BCUT2D eigenvalue weighted by Crippen LogP contribution is 2.37. The Morgan fingerprint density at radius 2 is 2.03 bits per heavy atom. The minimum absolute atomic E-state index is 0.0705. The van der Waals surface area contributed by atoms with Crippen LogP contribution in [-0.2, 0) is 18.0 Å². The summed E-state index contributed by atoms with van der Waals surface area (Å²) in [5.41, 5.74) is -0.598. The van der Waals surface area contributed by atoms with Crippen molar-refractivity contribution in [2.45, 2.75) is 30.4 Å². The molecule has 0 radical (unpaired) electrons. The van der Waals surface area contributed by atoms with Crippen LogP contribution in [0.5, 0.6) is 0 Å². The molecule has 0 aliphatic carbocycles. The zero-order chi connectivity index (χ0) is 21.3. The van der Waals surface area contributed by atoms with E-state index in [-0.39, 0.29) is 10.7 Å². The van der Waals surface area contributed by atoms with Gasteiger partial charge in [-0.3, -0.25) is 4.79 Å². The number of hydrogen-bond donors (Lipinski definition) is 1. The van der Waals surface area contributed by atoms with Crippen molar-refractivity contribution in [2.24, 2.45) is 7.05 Å². The van der Waals surface area contributed by atoms with Gasteiger partial charge in [-0.15, -0.1) is 10.2 Å². The number of alkyl halides is 3. The van der Waals surface area contributed by atoms with E-state index in [1.54, 1.807) is 31.5 Å². The van der Waals surface area contributed by atoms with Gasteiger partial charge >= 0.3 is 6.18 Å². The Balaban J connectivity index is 1.76. The van der Waals surface area contributed by atoms with E-state index < -0.39 is 22.9 Å². The van der Waals surface area contributed by atoms with Crippen molar-refractivity contribution in [2.75, 3.05) is 5.32 Å². The van der Waals surface area contributed by atoms with Gasteiger partial charge in [0.1, 0.15) is 5.76 Å². The SMILES string of the molecule is Cc1occc1-c1nnc(SC(C)C(=O)Nc2ccc(Cl)cc2C(F)(F)F)n1C. The highest BCUT2D eigenvalue weighted by molar-refractivity contribution is 8.00. The highest BCUT2D eigenvalue weighted by atomic mass is 35.5. The Kier molecular flexibility index (Phi) is 5.95. The van der Waals surface area contributed by atoms with Gasteiger partial charge in [-0.2, -0.15) is 13.2 Å². The van der Waals surface area contributed by atoms with Crippen molar-refractivity contribution < 1.29 is 22.4 Å². The standard InChI is InChI=1S/C18H16ClF3N4O2S/c1-9-12(6-7-28-9)15-24-25-17(26(15)3)29-10(2)16(27)23-14-5-4-11(19)8-13(14)18(20,21)22/h4-8,10H,1-3H3,(H,23,27). The van der Waals surface area contributed by atoms with E-state index in [1.807, 2.05) is 0 Å². The first kappa shape index (κ1) is 21.3. The van der Waals surface area contributed by atoms with Crippen LogP contribution in [0.1, 0.15) is 18.2 Å². The zero-order valence-corrected chi connectivity index (χ0v) is 17.1. The van der Waals surface area contributed by atoms with Crippen LogP contribution in [0, 0.1) is 6.92 Å². The molecule has 1 amide bonds. The van der Waals surface area contributed by atoms with Crippen LogP contribution in [0.3, 0.4) is 0 Å². The first-order chi connectivity index (χ1) is 13.6. The lowest BCUT2D eigenvalue weighted by Gasteiger charge is -2.16. The lowest BCUT2D eigenvalue weighted by atomic mass is 10.1. The van der Waals surface area contributed by atoms with Crippen molar-refractivity contribution in [3.8, 4) is 11.4 Å². The molecule has 11 heteroatoms. The quantitative estimate of drug-likeness (QED) is 0.549. The molecule has 0 aliphatic rings. The van der Waals surface area contributed by atoms with Crippen LogP contribution in [-0.4, -0.2) is 25.9 Å². The van der Waals surface area contributed by atoms with E-state index >= 15 is 0 Å². The molecule has 154 valence electrons. The molecule has 29 heavy (non-hydrogen) atoms. The van der Waals surface area contributed by atoms with Gasteiger partial charge in [0, 0.05) is 12.1 Å². The third-order valence-electron chi connectivity index (χ3n) is 4.13. The number of amides is 1. The van der Waals surface area contributed by atoms with Gasteiger partial charge in [0.25, 0.3) is 0 Å². The molecular weight excluding hydrogens is 429 g/mol. The van der Waals surface area contributed by atoms with Gasteiger partial charge in [0.15, 0.2) is 11.0 Å². The second-order valence-electron chi connectivity index (χ2n) is 6.19. The number of nitrogens with one attached hydrogen (secondary N) is 1. The fourth-order valence-electron chi connectivity index (χ4n) is 2.58. The first-order valence-electron chi connectivity index (χ1n) is 8.36. The Morgan fingerprint density at radius 3 is 2.66 bits per heavy atom. The van der Waals surface area contributed by atoms with Crippen LogP contribution in [0.4, 0.5) is 18.9 Å². The number of nitrogens with zero attached hydrogens (tertiary/aromatic N) is 3. The largest absolute Gasteiger partial charge is 0.469 e. The third kappa shape index (κ3) is 4.59. The number of aromatic nitrogens is 3. The van der Waals surface area contributed by atoms with Crippen LogP contribution in [0.2, 0.25) is 5.02 Å². The number of rotatable bonds is 5. The number of thioether (sulfide) groups is 1. The van der Waals surface area contributed by atoms with E-state index in [0.29, 0.717) is 16.7 Å². The normalized spacial score (nSPS) is 12.8. The summed E-state index contributed by atoms with van der Waals surface area (Å²) in [6, 6.07) is 4.94. The van der Waals surface area contributed by atoms with Crippen LogP contribution < -0.4 is 5.32 Å². The molecule has 1 aromatic carbocycles. The van der Waals surface area contributed by atoms with E-state index in [1.165, 1.54) is 12.3 Å². The fraction of sp³-hybridized carbons (Fsp3) is 0.278. The highest BCUT2D eigenvalue weighted by Gasteiger charge is 2.34. The number of hydrogen-bond acceptors (Lipinski definition) is 5. The number of carbonyl (C=O) groups excluding carboxylic acids is 1. The van der Waals surface area contributed by atoms with Crippen LogP contribution in [0.25, 0.3) is 11.4 Å². The van der Waals surface area contributed by atoms with Crippen molar-refractivity contribution in [1.29, 1.82) is 0 Å². The van der Waals surface area contributed by atoms with Crippen LogP contribution in [0.15, 0.2) is 40.1 Å². The molecule has 2 heterocycles. The van der Waals surface area contributed by atoms with Crippen LogP contribution >= 0.6 is 23.4 Å². The summed E-state index contributed by atoms with van der Waals surface area (Å²) in [5, 5.41) is 10.1. The summed E-state index contributed by atoms with van der Waals surface area (Å²) in [5.74, 6) is 0.626. The Labute approximate surface area is 173 Å². The van der Waals surface area contributed by atoms with Gasteiger partial charge in [-0.25, -0.2) is 0 Å². The Hall–Kier alpha value is -2.46. The fourth-order valence-corrected chi connectivity index (χ4v) is 3.56. The minimum atomic E-state index is -4.65. The smallest absolute Gasteiger partial charge is 0.418 e. The molecule has 0 saturated heterocycles. The molecule has 0 aliphatic heterocycles. The second-order valence-corrected chi connectivity index (χ2v) is 7.94. The maximum Gasteiger partial charge on any atom is 0.418 e. The topological polar surface area (TPSA) is 72.9 Å².